The van der Waals surface area contributed by atoms with Crippen molar-refractivity contribution in [2.45, 2.75) is 13.3 Å². The summed E-state index contributed by atoms with van der Waals surface area (Å²) < 4.78 is 0. The number of halogens is 1. The van der Waals surface area contributed by atoms with Crippen LogP contribution in [0.5, 0.6) is 0 Å². The molecule has 0 spiro atoms. The Labute approximate surface area is 124 Å². The minimum absolute atomic E-state index is 0.144. The fourth-order valence-corrected chi connectivity index (χ4v) is 1.97. The van der Waals surface area contributed by atoms with Crippen LogP contribution in [-0.4, -0.2) is 12.5 Å². The number of rotatable bonds is 5. The van der Waals surface area contributed by atoms with E-state index >= 15 is 0 Å². The van der Waals surface area contributed by atoms with Gasteiger partial charge in [0, 0.05) is 28.5 Å². The molecule has 3 nitrogen and oxygen atoms in total. The monoisotopic (exact) mass is 288 g/mol. The highest BCUT2D eigenvalue weighted by molar-refractivity contribution is 6.30. The number of carbonyl (C=O) groups is 1. The summed E-state index contributed by atoms with van der Waals surface area (Å²) in [6.07, 6.45) is 1.07. The standard InChI is InChI=1S/C16H17ClN2O/c1-2-10-18-14-8-6-12(7-9-14)16(20)19-15-5-3-4-13(17)11-15/h3-9,11,18H,2,10H2,1H3,(H,19,20). The number of hydrogen-bond acceptors (Lipinski definition) is 2. The van der Waals surface area contributed by atoms with Crippen molar-refractivity contribution >= 4 is 28.9 Å². The van der Waals surface area contributed by atoms with E-state index in [9.17, 15) is 4.79 Å². The first-order valence-electron chi connectivity index (χ1n) is 6.60. The Morgan fingerprint density at radius 3 is 2.50 bits per heavy atom. The lowest BCUT2D eigenvalue weighted by molar-refractivity contribution is 0.102. The molecule has 1 amide bonds. The highest BCUT2D eigenvalue weighted by Gasteiger charge is 2.06. The maximum atomic E-state index is 12.1. The molecule has 0 heterocycles. The van der Waals surface area contributed by atoms with Crippen LogP contribution in [-0.2, 0) is 0 Å². The maximum absolute atomic E-state index is 12.1. The Balaban J connectivity index is 2.02. The van der Waals surface area contributed by atoms with Gasteiger partial charge in [0.05, 0.1) is 0 Å². The second kappa shape index (κ2) is 6.96. The lowest BCUT2D eigenvalue weighted by atomic mass is 10.2. The molecule has 20 heavy (non-hydrogen) atoms. The average Bonchev–Trinajstić information content (AvgIpc) is 2.45. The predicted octanol–water partition coefficient (Wildman–Crippen LogP) is 4.41. The smallest absolute Gasteiger partial charge is 0.255 e. The van der Waals surface area contributed by atoms with Gasteiger partial charge < -0.3 is 10.6 Å². The second-order valence-corrected chi connectivity index (χ2v) is 4.91. The van der Waals surface area contributed by atoms with Gasteiger partial charge in [-0.2, -0.15) is 0 Å². The summed E-state index contributed by atoms with van der Waals surface area (Å²) in [5.74, 6) is -0.144. The number of hydrogen-bond donors (Lipinski definition) is 2. The molecule has 0 unspecified atom stereocenters. The Morgan fingerprint density at radius 1 is 1.10 bits per heavy atom. The SMILES string of the molecule is CCCNc1ccc(C(=O)Nc2cccc(Cl)c2)cc1. The largest absolute Gasteiger partial charge is 0.385 e. The van der Waals surface area contributed by atoms with Gasteiger partial charge in [-0.25, -0.2) is 0 Å². The van der Waals surface area contributed by atoms with E-state index in [1.807, 2.05) is 12.1 Å². The molecule has 4 heteroatoms. The topological polar surface area (TPSA) is 41.1 Å². The Kier molecular flexibility index (Phi) is 5.02. The van der Waals surface area contributed by atoms with Crippen LogP contribution in [0.15, 0.2) is 48.5 Å². The van der Waals surface area contributed by atoms with Gasteiger partial charge in [0.25, 0.3) is 5.91 Å². The van der Waals surface area contributed by atoms with Crippen LogP contribution in [0.1, 0.15) is 23.7 Å². The van der Waals surface area contributed by atoms with Gasteiger partial charge in [-0.3, -0.25) is 4.79 Å². The Morgan fingerprint density at radius 2 is 1.85 bits per heavy atom. The molecule has 0 saturated heterocycles. The molecular weight excluding hydrogens is 272 g/mol. The summed E-state index contributed by atoms with van der Waals surface area (Å²) in [4.78, 5) is 12.1. The molecule has 2 N–H and O–H groups in total. The van der Waals surface area contributed by atoms with Crippen molar-refractivity contribution in [1.82, 2.24) is 0 Å². The summed E-state index contributed by atoms with van der Waals surface area (Å²) in [6.45, 7) is 3.04. The van der Waals surface area contributed by atoms with Gasteiger partial charge in [-0.05, 0) is 48.9 Å². The zero-order valence-corrected chi connectivity index (χ0v) is 12.1. The van der Waals surface area contributed by atoms with Crippen molar-refractivity contribution in [2.75, 3.05) is 17.2 Å². The molecule has 0 aliphatic carbocycles. The van der Waals surface area contributed by atoms with E-state index in [0.29, 0.717) is 16.3 Å². The van der Waals surface area contributed by atoms with Crippen LogP contribution in [0.4, 0.5) is 11.4 Å². The number of amides is 1. The van der Waals surface area contributed by atoms with Crippen LogP contribution in [0, 0.1) is 0 Å². The molecule has 2 aromatic carbocycles. The average molecular weight is 289 g/mol. The third-order valence-electron chi connectivity index (χ3n) is 2.81. The summed E-state index contributed by atoms with van der Waals surface area (Å²) in [7, 11) is 0. The van der Waals surface area contributed by atoms with Crippen molar-refractivity contribution in [3.05, 3.63) is 59.1 Å². The van der Waals surface area contributed by atoms with E-state index in [2.05, 4.69) is 17.6 Å². The molecule has 0 aromatic heterocycles. The van der Waals surface area contributed by atoms with Gasteiger partial charge in [0.2, 0.25) is 0 Å². The van der Waals surface area contributed by atoms with Crippen molar-refractivity contribution in [1.29, 1.82) is 0 Å². The number of anilines is 2. The summed E-state index contributed by atoms with van der Waals surface area (Å²) in [5.41, 5.74) is 2.33. The molecule has 0 bridgehead atoms. The maximum Gasteiger partial charge on any atom is 0.255 e. The Hall–Kier alpha value is -2.00. The molecule has 0 aliphatic rings. The minimum Gasteiger partial charge on any atom is -0.385 e. The molecule has 2 aromatic rings. The van der Waals surface area contributed by atoms with Crippen molar-refractivity contribution in [2.24, 2.45) is 0 Å². The van der Waals surface area contributed by atoms with E-state index in [-0.39, 0.29) is 5.91 Å². The fourth-order valence-electron chi connectivity index (χ4n) is 1.78. The first kappa shape index (κ1) is 14.4. The van der Waals surface area contributed by atoms with Gasteiger partial charge in [0.1, 0.15) is 0 Å². The molecule has 0 radical (unpaired) electrons. The first-order chi connectivity index (χ1) is 9.69. The van der Waals surface area contributed by atoms with E-state index in [1.54, 1.807) is 36.4 Å². The second-order valence-electron chi connectivity index (χ2n) is 4.47. The number of benzene rings is 2. The summed E-state index contributed by atoms with van der Waals surface area (Å²) >= 11 is 5.88. The van der Waals surface area contributed by atoms with E-state index < -0.39 is 0 Å². The van der Waals surface area contributed by atoms with Crippen LogP contribution in [0.2, 0.25) is 5.02 Å². The lowest BCUT2D eigenvalue weighted by Gasteiger charge is -2.07. The molecule has 2 rings (SSSR count). The van der Waals surface area contributed by atoms with Gasteiger partial charge in [-0.15, -0.1) is 0 Å². The van der Waals surface area contributed by atoms with Crippen LogP contribution in [0.25, 0.3) is 0 Å². The predicted molar refractivity (Wildman–Crippen MR) is 84.6 cm³/mol. The van der Waals surface area contributed by atoms with Crippen molar-refractivity contribution < 1.29 is 4.79 Å². The third kappa shape index (κ3) is 4.00. The molecule has 0 atom stereocenters. The van der Waals surface area contributed by atoms with Crippen molar-refractivity contribution in [3.63, 3.8) is 0 Å². The normalized spacial score (nSPS) is 10.1. The van der Waals surface area contributed by atoms with Gasteiger partial charge >= 0.3 is 0 Å². The van der Waals surface area contributed by atoms with Crippen LogP contribution >= 0.6 is 11.6 Å². The molecule has 104 valence electrons. The van der Waals surface area contributed by atoms with E-state index in [4.69, 9.17) is 11.6 Å². The zero-order valence-electron chi connectivity index (χ0n) is 11.3. The third-order valence-corrected chi connectivity index (χ3v) is 3.04. The highest BCUT2D eigenvalue weighted by Crippen LogP contribution is 2.16. The van der Waals surface area contributed by atoms with Gasteiger partial charge in [0.15, 0.2) is 0 Å². The quantitative estimate of drug-likeness (QED) is 0.855. The van der Waals surface area contributed by atoms with Crippen LogP contribution in [0.3, 0.4) is 0 Å². The zero-order chi connectivity index (χ0) is 14.4. The first-order valence-corrected chi connectivity index (χ1v) is 6.97. The molecule has 0 saturated carbocycles. The minimum atomic E-state index is -0.144. The molecule has 0 fully saturated rings. The van der Waals surface area contributed by atoms with Crippen molar-refractivity contribution in [3.8, 4) is 0 Å². The molecular formula is C16H17ClN2O. The highest BCUT2D eigenvalue weighted by atomic mass is 35.5. The number of carbonyl (C=O) groups excluding carboxylic acids is 1. The number of nitrogens with one attached hydrogen (secondary N) is 2. The summed E-state index contributed by atoms with van der Waals surface area (Å²) in [6, 6.07) is 14.5. The lowest BCUT2D eigenvalue weighted by Crippen LogP contribution is -2.11. The van der Waals surface area contributed by atoms with Crippen LogP contribution < -0.4 is 10.6 Å². The van der Waals surface area contributed by atoms with E-state index in [0.717, 1.165) is 18.7 Å². The fraction of sp³-hybridized carbons (Fsp3) is 0.188. The summed E-state index contributed by atoms with van der Waals surface area (Å²) in [5, 5.41) is 6.69. The van der Waals surface area contributed by atoms with E-state index in [1.165, 1.54) is 0 Å². The Bertz CT molecular complexity index is 581. The molecule has 0 aliphatic heterocycles. The van der Waals surface area contributed by atoms with Gasteiger partial charge in [-0.1, -0.05) is 24.6 Å².